The van der Waals surface area contributed by atoms with Crippen molar-refractivity contribution in [3.63, 3.8) is 0 Å². The van der Waals surface area contributed by atoms with Crippen LogP contribution in [0.4, 0.5) is 5.69 Å². The van der Waals surface area contributed by atoms with Crippen molar-refractivity contribution < 1.29 is 0 Å². The molecule has 2 heterocycles. The maximum absolute atomic E-state index is 12.1. The molecule has 0 aromatic carbocycles. The molecule has 106 valence electrons. The highest BCUT2D eigenvalue weighted by Gasteiger charge is 2.21. The monoisotopic (exact) mass is 328 g/mol. The first kappa shape index (κ1) is 14.5. The molecule has 2 rings (SSSR count). The number of nitrogens with one attached hydrogen (secondary N) is 2. The molecule has 1 fully saturated rings. The molecule has 1 aromatic rings. The molecule has 1 aliphatic rings. The Bertz CT molecular complexity index is 488. The summed E-state index contributed by atoms with van der Waals surface area (Å²) < 4.78 is 2.08. The molecule has 19 heavy (non-hydrogen) atoms. The number of aryl methyl sites for hydroxylation is 1. The number of piperidine rings is 1. The molecule has 5 nitrogen and oxygen atoms in total. The summed E-state index contributed by atoms with van der Waals surface area (Å²) in [5.74, 6) is 0. The summed E-state index contributed by atoms with van der Waals surface area (Å²) in [4.78, 5) is 12.1. The molecule has 2 unspecified atom stereocenters. The summed E-state index contributed by atoms with van der Waals surface area (Å²) in [6.07, 6.45) is 4.90. The lowest BCUT2D eigenvalue weighted by Crippen LogP contribution is -2.46. The third-order valence-corrected chi connectivity index (χ3v) is 4.29. The zero-order valence-corrected chi connectivity index (χ0v) is 13.0. The number of anilines is 1. The Balaban J connectivity index is 2.16. The fourth-order valence-electron chi connectivity index (χ4n) is 2.38. The average Bonchev–Trinajstić information content (AvgIpc) is 2.41. The van der Waals surface area contributed by atoms with E-state index in [1.54, 1.807) is 6.20 Å². The number of hydrogen-bond acceptors (Lipinski definition) is 4. The molecule has 1 aromatic heterocycles. The van der Waals surface area contributed by atoms with Gasteiger partial charge in [0.1, 0.15) is 4.47 Å². The summed E-state index contributed by atoms with van der Waals surface area (Å²) >= 11 is 3.39. The van der Waals surface area contributed by atoms with Gasteiger partial charge in [0, 0.05) is 18.6 Å². The van der Waals surface area contributed by atoms with Gasteiger partial charge in [-0.25, -0.2) is 4.68 Å². The Morgan fingerprint density at radius 2 is 2.42 bits per heavy atom. The summed E-state index contributed by atoms with van der Waals surface area (Å²) in [7, 11) is 0. The van der Waals surface area contributed by atoms with E-state index >= 15 is 0 Å². The van der Waals surface area contributed by atoms with Crippen LogP contribution in [0, 0.1) is 0 Å². The van der Waals surface area contributed by atoms with E-state index in [0.29, 0.717) is 23.1 Å². The highest BCUT2D eigenvalue weighted by Crippen LogP contribution is 2.20. The van der Waals surface area contributed by atoms with E-state index in [1.165, 1.54) is 4.68 Å². The standard InChI is InChI=1S/C13H21BrN4O/c1-3-7-18-13(19)12(14)11(8-16-18)17-10-5-4-6-15-9(10)2/h8-10,15,17H,3-7H2,1-2H3. The van der Waals surface area contributed by atoms with Gasteiger partial charge in [-0.1, -0.05) is 6.92 Å². The van der Waals surface area contributed by atoms with Gasteiger partial charge < -0.3 is 10.6 Å². The SMILES string of the molecule is CCCn1ncc(NC2CCCNC2C)c(Br)c1=O. The van der Waals surface area contributed by atoms with Gasteiger partial charge in [0.2, 0.25) is 0 Å². The van der Waals surface area contributed by atoms with Crippen LogP contribution in [0.3, 0.4) is 0 Å². The Hall–Kier alpha value is -0.880. The van der Waals surface area contributed by atoms with Crippen molar-refractivity contribution in [2.45, 2.75) is 51.7 Å². The molecule has 0 aliphatic carbocycles. The largest absolute Gasteiger partial charge is 0.378 e. The van der Waals surface area contributed by atoms with E-state index in [2.05, 4.69) is 38.6 Å². The van der Waals surface area contributed by atoms with Gasteiger partial charge in [-0.3, -0.25) is 4.79 Å². The minimum absolute atomic E-state index is 0.0664. The van der Waals surface area contributed by atoms with Crippen molar-refractivity contribution in [3.05, 3.63) is 21.0 Å². The van der Waals surface area contributed by atoms with Crippen LogP contribution in [-0.4, -0.2) is 28.4 Å². The summed E-state index contributed by atoms with van der Waals surface area (Å²) in [6, 6.07) is 0.743. The summed E-state index contributed by atoms with van der Waals surface area (Å²) in [6.45, 7) is 5.91. The van der Waals surface area contributed by atoms with Crippen LogP contribution in [0.2, 0.25) is 0 Å². The second-order valence-corrected chi connectivity index (χ2v) is 5.83. The quantitative estimate of drug-likeness (QED) is 0.887. The lowest BCUT2D eigenvalue weighted by molar-refractivity contribution is 0.389. The van der Waals surface area contributed by atoms with Crippen molar-refractivity contribution in [3.8, 4) is 0 Å². The predicted molar refractivity (Wildman–Crippen MR) is 80.6 cm³/mol. The first-order valence-electron chi connectivity index (χ1n) is 6.89. The van der Waals surface area contributed by atoms with Crippen molar-refractivity contribution in [2.75, 3.05) is 11.9 Å². The molecule has 6 heteroatoms. The minimum Gasteiger partial charge on any atom is -0.378 e. The van der Waals surface area contributed by atoms with Crippen LogP contribution in [0.1, 0.15) is 33.1 Å². The number of nitrogens with zero attached hydrogens (tertiary/aromatic N) is 2. The Morgan fingerprint density at radius 3 is 3.11 bits per heavy atom. The molecular weight excluding hydrogens is 308 g/mol. The second-order valence-electron chi connectivity index (χ2n) is 5.04. The highest BCUT2D eigenvalue weighted by atomic mass is 79.9. The van der Waals surface area contributed by atoms with Crippen LogP contribution < -0.4 is 16.2 Å². The minimum atomic E-state index is -0.0664. The topological polar surface area (TPSA) is 59.0 Å². The van der Waals surface area contributed by atoms with Gasteiger partial charge in [-0.15, -0.1) is 0 Å². The Labute approximate surface area is 121 Å². The first-order valence-corrected chi connectivity index (χ1v) is 7.68. The Kier molecular flexibility index (Phi) is 4.99. The molecule has 0 spiro atoms. The zero-order chi connectivity index (χ0) is 13.8. The van der Waals surface area contributed by atoms with E-state index in [9.17, 15) is 4.79 Å². The molecular formula is C13H21BrN4O. The first-order chi connectivity index (χ1) is 9.13. The van der Waals surface area contributed by atoms with Gasteiger partial charge in [-0.05, 0) is 48.7 Å². The van der Waals surface area contributed by atoms with Crippen LogP contribution in [0.25, 0.3) is 0 Å². The molecule has 1 saturated heterocycles. The van der Waals surface area contributed by atoms with Crippen LogP contribution in [0.5, 0.6) is 0 Å². The van der Waals surface area contributed by atoms with Crippen molar-refractivity contribution >= 4 is 21.6 Å². The van der Waals surface area contributed by atoms with E-state index in [0.717, 1.165) is 31.5 Å². The van der Waals surface area contributed by atoms with Crippen molar-refractivity contribution in [2.24, 2.45) is 0 Å². The second kappa shape index (κ2) is 6.52. The molecule has 0 radical (unpaired) electrons. The number of halogens is 1. The molecule has 0 saturated carbocycles. The number of aromatic nitrogens is 2. The average molecular weight is 329 g/mol. The zero-order valence-electron chi connectivity index (χ0n) is 11.4. The maximum Gasteiger partial charge on any atom is 0.283 e. The lowest BCUT2D eigenvalue weighted by Gasteiger charge is -2.31. The predicted octanol–water partition coefficient (Wildman–Crippen LogP) is 1.97. The molecule has 2 N–H and O–H groups in total. The molecule has 0 amide bonds. The van der Waals surface area contributed by atoms with E-state index in [4.69, 9.17) is 0 Å². The highest BCUT2D eigenvalue weighted by molar-refractivity contribution is 9.10. The van der Waals surface area contributed by atoms with Crippen molar-refractivity contribution in [1.29, 1.82) is 0 Å². The molecule has 0 bridgehead atoms. The summed E-state index contributed by atoms with van der Waals surface area (Å²) in [5, 5.41) is 11.1. The fraction of sp³-hybridized carbons (Fsp3) is 0.692. The van der Waals surface area contributed by atoms with Crippen molar-refractivity contribution in [1.82, 2.24) is 15.1 Å². The third-order valence-electron chi connectivity index (χ3n) is 3.52. The third kappa shape index (κ3) is 3.36. The summed E-state index contributed by atoms with van der Waals surface area (Å²) in [5.41, 5.74) is 0.723. The molecule has 2 atom stereocenters. The molecule has 1 aliphatic heterocycles. The normalized spacial score (nSPS) is 23.3. The van der Waals surface area contributed by atoms with Gasteiger partial charge >= 0.3 is 0 Å². The van der Waals surface area contributed by atoms with Crippen LogP contribution >= 0.6 is 15.9 Å². The maximum atomic E-state index is 12.1. The van der Waals surface area contributed by atoms with E-state index in [1.807, 2.05) is 6.92 Å². The lowest BCUT2D eigenvalue weighted by atomic mass is 10.00. The smallest absolute Gasteiger partial charge is 0.283 e. The Morgan fingerprint density at radius 1 is 1.63 bits per heavy atom. The van der Waals surface area contributed by atoms with Gasteiger partial charge in [0.05, 0.1) is 11.9 Å². The van der Waals surface area contributed by atoms with E-state index in [-0.39, 0.29) is 5.56 Å². The number of rotatable bonds is 4. The van der Waals surface area contributed by atoms with Gasteiger partial charge in [-0.2, -0.15) is 5.10 Å². The van der Waals surface area contributed by atoms with Gasteiger partial charge in [0.15, 0.2) is 0 Å². The number of hydrogen-bond donors (Lipinski definition) is 2. The van der Waals surface area contributed by atoms with Gasteiger partial charge in [0.25, 0.3) is 5.56 Å². The van der Waals surface area contributed by atoms with Crippen LogP contribution in [-0.2, 0) is 6.54 Å². The fourth-order valence-corrected chi connectivity index (χ4v) is 2.80. The van der Waals surface area contributed by atoms with Crippen LogP contribution in [0.15, 0.2) is 15.5 Å². The van der Waals surface area contributed by atoms with E-state index < -0.39 is 0 Å².